The third-order valence-electron chi connectivity index (χ3n) is 8.99. The van der Waals surface area contributed by atoms with Gasteiger partial charge in [0.2, 0.25) is 5.91 Å². The summed E-state index contributed by atoms with van der Waals surface area (Å²) in [6, 6.07) is 15.2. The fourth-order valence-corrected chi connectivity index (χ4v) is 7.56. The average Bonchev–Trinajstić information content (AvgIpc) is 3.67. The average molecular weight is 597 g/mol. The lowest BCUT2D eigenvalue weighted by atomic mass is 9.84. The van der Waals surface area contributed by atoms with Crippen molar-refractivity contribution in [3.05, 3.63) is 87.0 Å². The molecule has 224 valence electrons. The van der Waals surface area contributed by atoms with Crippen LogP contribution in [0.25, 0.3) is 16.4 Å². The number of carboxylic acid groups (broad SMARTS) is 1. The van der Waals surface area contributed by atoms with Crippen LogP contribution in [-0.2, 0) is 30.5 Å². The highest BCUT2D eigenvalue weighted by Crippen LogP contribution is 2.36. The molecule has 3 aromatic heterocycles. The summed E-state index contributed by atoms with van der Waals surface area (Å²) in [4.78, 5) is 33.6. The van der Waals surface area contributed by atoms with E-state index in [-0.39, 0.29) is 5.56 Å². The number of carbonyl (C=O) groups excluding carboxylic acids is 1. The summed E-state index contributed by atoms with van der Waals surface area (Å²) in [7, 11) is 0. The van der Waals surface area contributed by atoms with Crippen LogP contribution in [0, 0.1) is 12.8 Å². The largest absolute Gasteiger partial charge is 0.478 e. The van der Waals surface area contributed by atoms with Gasteiger partial charge in [0.05, 0.1) is 22.5 Å². The van der Waals surface area contributed by atoms with Gasteiger partial charge in [-0.2, -0.15) is 5.10 Å². The Hall–Kier alpha value is -3.78. The number of hydrogen-bond donors (Lipinski definition) is 1. The highest BCUT2D eigenvalue weighted by atomic mass is 32.1. The fourth-order valence-electron chi connectivity index (χ4n) is 6.52. The molecule has 0 spiro atoms. The summed E-state index contributed by atoms with van der Waals surface area (Å²) in [6.07, 6.45) is 9.12. The minimum atomic E-state index is -0.972. The molecule has 4 heterocycles. The molecule has 2 aliphatic rings. The molecule has 2 fully saturated rings. The van der Waals surface area contributed by atoms with E-state index in [9.17, 15) is 14.7 Å². The number of piperidine rings is 1. The van der Waals surface area contributed by atoms with Gasteiger partial charge < -0.3 is 10.0 Å². The van der Waals surface area contributed by atoms with E-state index in [2.05, 4.69) is 48.1 Å². The van der Waals surface area contributed by atoms with Crippen LogP contribution >= 0.6 is 11.3 Å². The van der Waals surface area contributed by atoms with Gasteiger partial charge in [-0.05, 0) is 105 Å². The molecule has 1 saturated carbocycles. The van der Waals surface area contributed by atoms with Crippen LogP contribution in [-0.4, -0.2) is 49.7 Å². The molecule has 1 aromatic carbocycles. The van der Waals surface area contributed by atoms with E-state index < -0.39 is 5.97 Å². The van der Waals surface area contributed by atoms with Gasteiger partial charge in [0, 0.05) is 23.9 Å². The third-order valence-corrected chi connectivity index (χ3v) is 10.1. The molecule has 1 aliphatic carbocycles. The number of aryl methyl sites for hydroxylation is 4. The minimum absolute atomic E-state index is 0.217. The van der Waals surface area contributed by atoms with Gasteiger partial charge in [0.15, 0.2) is 5.82 Å². The SMILES string of the molecule is CCc1cc(CCc2cc(C)sc2-c2cccc(-n3ncc(C(=O)O)c3CC)n2)ccc1C1CCN(C(=O)C2CC2)CC1. The summed E-state index contributed by atoms with van der Waals surface area (Å²) in [5.41, 5.74) is 7.28. The zero-order valence-electron chi connectivity index (χ0n) is 25.3. The van der Waals surface area contributed by atoms with Crippen LogP contribution in [0.4, 0.5) is 0 Å². The van der Waals surface area contributed by atoms with Crippen LogP contribution in [0.3, 0.4) is 0 Å². The zero-order chi connectivity index (χ0) is 30.1. The Kier molecular flexibility index (Phi) is 8.48. The first-order chi connectivity index (χ1) is 20.9. The van der Waals surface area contributed by atoms with Gasteiger partial charge in [-0.25, -0.2) is 14.5 Å². The molecule has 1 aliphatic heterocycles. The Morgan fingerprint density at radius 2 is 1.77 bits per heavy atom. The van der Waals surface area contributed by atoms with E-state index in [1.54, 1.807) is 16.0 Å². The number of nitrogens with zero attached hydrogens (tertiary/aromatic N) is 4. The van der Waals surface area contributed by atoms with E-state index in [1.165, 1.54) is 33.3 Å². The Labute approximate surface area is 257 Å². The normalized spacial score (nSPS) is 15.7. The first-order valence-corrected chi connectivity index (χ1v) is 16.5. The first-order valence-electron chi connectivity index (χ1n) is 15.6. The van der Waals surface area contributed by atoms with Crippen LogP contribution in [0.2, 0.25) is 0 Å². The summed E-state index contributed by atoms with van der Waals surface area (Å²) in [5, 5.41) is 13.9. The number of carboxylic acids is 1. The number of pyridine rings is 1. The Morgan fingerprint density at radius 3 is 2.47 bits per heavy atom. The Balaban J connectivity index is 1.17. The molecule has 7 nitrogen and oxygen atoms in total. The number of rotatable bonds is 10. The first kappa shape index (κ1) is 29.3. The number of hydrogen-bond acceptors (Lipinski definition) is 5. The number of benzene rings is 1. The quantitative estimate of drug-likeness (QED) is 0.212. The summed E-state index contributed by atoms with van der Waals surface area (Å²) < 4.78 is 1.65. The summed E-state index contributed by atoms with van der Waals surface area (Å²) >= 11 is 1.75. The van der Waals surface area contributed by atoms with Crippen molar-refractivity contribution in [3.8, 4) is 16.4 Å². The fraction of sp³-hybridized carbons (Fsp3) is 0.429. The molecule has 1 saturated heterocycles. The standard InChI is InChI=1S/C35H40N4O3S/c1-4-24-20-23(10-14-28(24)25-15-17-38(18-16-25)34(40)26-12-13-26)9-11-27-19-22(3)43-33(27)30-7-6-8-32(37-30)39-31(5-2)29(21-36-39)35(41)42/h6-8,10,14,19-21,25-26H,4-5,9,11-13,15-18H2,1-3H3,(H,41,42). The highest BCUT2D eigenvalue weighted by molar-refractivity contribution is 7.15. The second-order valence-electron chi connectivity index (χ2n) is 11.9. The molecule has 0 bridgehead atoms. The number of amides is 1. The Bertz CT molecular complexity index is 1640. The van der Waals surface area contributed by atoms with Crippen LogP contribution in [0.15, 0.2) is 48.7 Å². The molecule has 43 heavy (non-hydrogen) atoms. The second kappa shape index (κ2) is 12.4. The van der Waals surface area contributed by atoms with Gasteiger partial charge in [0.25, 0.3) is 0 Å². The topological polar surface area (TPSA) is 88.3 Å². The van der Waals surface area contributed by atoms with E-state index in [0.717, 1.165) is 68.6 Å². The van der Waals surface area contributed by atoms with E-state index in [1.807, 2.05) is 25.1 Å². The molecule has 0 radical (unpaired) electrons. The number of carbonyl (C=O) groups is 2. The predicted molar refractivity (Wildman–Crippen MR) is 170 cm³/mol. The molecule has 8 heteroatoms. The molecule has 0 atom stereocenters. The lowest BCUT2D eigenvalue weighted by Gasteiger charge is -2.33. The number of likely N-dealkylation sites (tertiary alicyclic amines) is 1. The van der Waals surface area contributed by atoms with Crippen molar-refractivity contribution in [3.63, 3.8) is 0 Å². The van der Waals surface area contributed by atoms with Crippen molar-refractivity contribution in [2.45, 2.75) is 78.1 Å². The number of aromatic carboxylic acids is 1. The van der Waals surface area contributed by atoms with Crippen molar-refractivity contribution < 1.29 is 14.7 Å². The van der Waals surface area contributed by atoms with Crippen molar-refractivity contribution in [1.29, 1.82) is 0 Å². The molecule has 6 rings (SSSR count). The van der Waals surface area contributed by atoms with Gasteiger partial charge in [0.1, 0.15) is 5.56 Å². The lowest BCUT2D eigenvalue weighted by Crippen LogP contribution is -2.38. The maximum absolute atomic E-state index is 12.5. The van der Waals surface area contributed by atoms with Crippen molar-refractivity contribution in [2.24, 2.45) is 5.92 Å². The summed E-state index contributed by atoms with van der Waals surface area (Å²) in [6.45, 7) is 8.09. The molecule has 1 N–H and O–H groups in total. The summed E-state index contributed by atoms with van der Waals surface area (Å²) in [5.74, 6) is 0.886. The van der Waals surface area contributed by atoms with Crippen LogP contribution in [0.5, 0.6) is 0 Å². The number of thiophene rings is 1. The second-order valence-corrected chi connectivity index (χ2v) is 13.2. The molecule has 1 amide bonds. The van der Waals surface area contributed by atoms with Crippen molar-refractivity contribution in [1.82, 2.24) is 19.7 Å². The van der Waals surface area contributed by atoms with Gasteiger partial charge in [-0.15, -0.1) is 11.3 Å². The maximum Gasteiger partial charge on any atom is 0.339 e. The maximum atomic E-state index is 12.5. The van der Waals surface area contributed by atoms with Gasteiger partial charge in [-0.1, -0.05) is 38.1 Å². The molecular formula is C35H40N4O3S. The predicted octanol–water partition coefficient (Wildman–Crippen LogP) is 7.03. The minimum Gasteiger partial charge on any atom is -0.478 e. The molecule has 0 unspecified atom stereocenters. The lowest BCUT2D eigenvalue weighted by molar-refractivity contribution is -0.133. The smallest absolute Gasteiger partial charge is 0.339 e. The van der Waals surface area contributed by atoms with Crippen LogP contribution < -0.4 is 0 Å². The molecular weight excluding hydrogens is 556 g/mol. The Morgan fingerprint density at radius 1 is 0.977 bits per heavy atom. The van der Waals surface area contributed by atoms with E-state index in [4.69, 9.17) is 4.98 Å². The van der Waals surface area contributed by atoms with Crippen molar-refractivity contribution in [2.75, 3.05) is 13.1 Å². The third kappa shape index (κ3) is 6.16. The molecule has 4 aromatic rings. The number of aromatic nitrogens is 3. The van der Waals surface area contributed by atoms with Gasteiger partial charge >= 0.3 is 5.97 Å². The monoisotopic (exact) mass is 596 g/mol. The van der Waals surface area contributed by atoms with Crippen LogP contribution in [0.1, 0.15) is 88.6 Å². The van der Waals surface area contributed by atoms with E-state index in [0.29, 0.717) is 35.7 Å². The van der Waals surface area contributed by atoms with Crippen molar-refractivity contribution >= 4 is 23.2 Å². The zero-order valence-corrected chi connectivity index (χ0v) is 26.1. The van der Waals surface area contributed by atoms with E-state index >= 15 is 0 Å². The van der Waals surface area contributed by atoms with Gasteiger partial charge in [-0.3, -0.25) is 4.79 Å². The highest BCUT2D eigenvalue weighted by Gasteiger charge is 2.35.